The van der Waals surface area contributed by atoms with Crippen LogP contribution in [0.5, 0.6) is 11.5 Å². The fourth-order valence-corrected chi connectivity index (χ4v) is 4.14. The van der Waals surface area contributed by atoms with Gasteiger partial charge >= 0.3 is 0 Å². The number of para-hydroxylation sites is 1. The SMILES string of the molecule is COc1ccc(OC)c(C(C)NC(=O)c2nn(-c3ccccc3C)c3c2CCC3)c1. The third kappa shape index (κ3) is 3.54. The largest absolute Gasteiger partial charge is 0.497 e. The number of fused-ring (bicyclic) bond motifs is 1. The van der Waals surface area contributed by atoms with Gasteiger partial charge in [0.2, 0.25) is 0 Å². The summed E-state index contributed by atoms with van der Waals surface area (Å²) in [6.07, 6.45) is 2.85. The van der Waals surface area contributed by atoms with Crippen molar-refractivity contribution < 1.29 is 14.3 Å². The lowest BCUT2D eigenvalue weighted by Gasteiger charge is -2.18. The highest BCUT2D eigenvalue weighted by Crippen LogP contribution is 2.31. The number of amides is 1. The first-order chi connectivity index (χ1) is 14.5. The Balaban J connectivity index is 1.65. The van der Waals surface area contributed by atoms with Crippen LogP contribution in [0.4, 0.5) is 0 Å². The second-order valence-electron chi connectivity index (χ2n) is 7.63. The Morgan fingerprint density at radius 3 is 2.67 bits per heavy atom. The van der Waals surface area contributed by atoms with Crippen molar-refractivity contribution in [2.24, 2.45) is 0 Å². The van der Waals surface area contributed by atoms with Crippen molar-refractivity contribution in [2.45, 2.75) is 39.2 Å². The fourth-order valence-electron chi connectivity index (χ4n) is 4.14. The van der Waals surface area contributed by atoms with E-state index in [1.165, 1.54) is 0 Å². The first kappa shape index (κ1) is 20.0. The number of nitrogens with one attached hydrogen (secondary N) is 1. The molecule has 1 atom stereocenters. The van der Waals surface area contributed by atoms with Gasteiger partial charge in [0.15, 0.2) is 5.69 Å². The molecule has 0 spiro atoms. The molecule has 0 aliphatic heterocycles. The number of aromatic nitrogens is 2. The Morgan fingerprint density at radius 2 is 1.93 bits per heavy atom. The number of benzene rings is 2. The average molecular weight is 405 g/mol. The van der Waals surface area contributed by atoms with Crippen LogP contribution >= 0.6 is 0 Å². The van der Waals surface area contributed by atoms with E-state index in [1.54, 1.807) is 14.2 Å². The van der Waals surface area contributed by atoms with E-state index in [0.717, 1.165) is 53.1 Å². The van der Waals surface area contributed by atoms with Crippen LogP contribution in [0.3, 0.4) is 0 Å². The molecular formula is C24H27N3O3. The lowest BCUT2D eigenvalue weighted by molar-refractivity contribution is 0.0933. The van der Waals surface area contributed by atoms with Crippen molar-refractivity contribution in [1.29, 1.82) is 0 Å². The van der Waals surface area contributed by atoms with Crippen LogP contribution in [-0.2, 0) is 12.8 Å². The predicted octanol–water partition coefficient (Wildman–Crippen LogP) is 4.18. The Hall–Kier alpha value is -3.28. The molecule has 156 valence electrons. The van der Waals surface area contributed by atoms with E-state index in [1.807, 2.05) is 48.0 Å². The van der Waals surface area contributed by atoms with E-state index in [4.69, 9.17) is 14.6 Å². The number of hydrogen-bond acceptors (Lipinski definition) is 4. The van der Waals surface area contributed by atoms with Crippen LogP contribution in [0.2, 0.25) is 0 Å². The fraction of sp³-hybridized carbons (Fsp3) is 0.333. The zero-order chi connectivity index (χ0) is 21.3. The predicted molar refractivity (Wildman–Crippen MR) is 116 cm³/mol. The van der Waals surface area contributed by atoms with Crippen molar-refractivity contribution in [3.63, 3.8) is 0 Å². The molecule has 1 aliphatic carbocycles. The van der Waals surface area contributed by atoms with E-state index in [9.17, 15) is 4.79 Å². The molecule has 30 heavy (non-hydrogen) atoms. The summed E-state index contributed by atoms with van der Waals surface area (Å²) in [6, 6.07) is 13.4. The summed E-state index contributed by atoms with van der Waals surface area (Å²) in [5, 5.41) is 7.83. The van der Waals surface area contributed by atoms with Gasteiger partial charge in [-0.3, -0.25) is 4.79 Å². The van der Waals surface area contributed by atoms with Gasteiger partial charge in [-0.15, -0.1) is 0 Å². The lowest BCUT2D eigenvalue weighted by atomic mass is 10.1. The van der Waals surface area contributed by atoms with E-state index in [0.29, 0.717) is 11.4 Å². The topological polar surface area (TPSA) is 65.4 Å². The van der Waals surface area contributed by atoms with Crippen molar-refractivity contribution in [3.05, 3.63) is 70.5 Å². The molecule has 0 fully saturated rings. The maximum absolute atomic E-state index is 13.2. The maximum atomic E-state index is 13.2. The molecule has 3 aromatic rings. The minimum absolute atomic E-state index is 0.169. The molecule has 6 nitrogen and oxygen atoms in total. The van der Waals surface area contributed by atoms with Gasteiger partial charge in [0.25, 0.3) is 5.91 Å². The third-order valence-electron chi connectivity index (χ3n) is 5.74. The van der Waals surface area contributed by atoms with Gasteiger partial charge < -0.3 is 14.8 Å². The number of rotatable bonds is 6. The summed E-state index contributed by atoms with van der Waals surface area (Å²) in [7, 11) is 3.24. The van der Waals surface area contributed by atoms with Gasteiger partial charge in [-0.25, -0.2) is 4.68 Å². The molecule has 1 aromatic heterocycles. The minimum Gasteiger partial charge on any atom is -0.497 e. The first-order valence-corrected chi connectivity index (χ1v) is 10.2. The Bertz CT molecular complexity index is 1090. The van der Waals surface area contributed by atoms with Crippen LogP contribution in [0, 0.1) is 6.92 Å². The molecule has 1 heterocycles. The van der Waals surface area contributed by atoms with Crippen molar-refractivity contribution in [3.8, 4) is 17.2 Å². The summed E-state index contributed by atoms with van der Waals surface area (Å²) >= 11 is 0. The zero-order valence-electron chi connectivity index (χ0n) is 17.9. The van der Waals surface area contributed by atoms with Gasteiger partial charge in [-0.2, -0.15) is 5.10 Å². The van der Waals surface area contributed by atoms with Gasteiger partial charge in [-0.05, 0) is 62.9 Å². The number of hydrogen-bond donors (Lipinski definition) is 1. The van der Waals surface area contributed by atoms with E-state index >= 15 is 0 Å². The van der Waals surface area contributed by atoms with E-state index in [2.05, 4.69) is 18.3 Å². The molecule has 6 heteroatoms. The summed E-state index contributed by atoms with van der Waals surface area (Å²) < 4.78 is 12.8. The highest BCUT2D eigenvalue weighted by molar-refractivity contribution is 5.94. The van der Waals surface area contributed by atoms with Gasteiger partial charge in [0, 0.05) is 16.8 Å². The summed E-state index contributed by atoms with van der Waals surface area (Å²) in [5.41, 5.74) is 5.73. The standard InChI is InChI=1S/C24H27N3O3/c1-15-8-5-6-10-20(15)27-21-11-7-9-18(21)23(26-27)24(28)25-16(2)19-14-17(29-3)12-13-22(19)30-4/h5-6,8,10,12-14,16H,7,9,11H2,1-4H3,(H,25,28). The van der Waals surface area contributed by atoms with E-state index in [-0.39, 0.29) is 11.9 Å². The number of aryl methyl sites for hydroxylation is 1. The summed E-state index contributed by atoms with van der Waals surface area (Å²) in [4.78, 5) is 13.2. The van der Waals surface area contributed by atoms with E-state index < -0.39 is 0 Å². The second kappa shape index (κ2) is 8.22. The van der Waals surface area contributed by atoms with Gasteiger partial charge in [0.1, 0.15) is 11.5 Å². The summed E-state index contributed by atoms with van der Waals surface area (Å²) in [6.45, 7) is 4.00. The highest BCUT2D eigenvalue weighted by atomic mass is 16.5. The molecule has 0 saturated heterocycles. The molecule has 0 radical (unpaired) electrons. The van der Waals surface area contributed by atoms with Crippen LogP contribution in [0.15, 0.2) is 42.5 Å². The molecule has 2 aromatic carbocycles. The minimum atomic E-state index is -0.261. The molecule has 4 rings (SSSR count). The molecule has 1 N–H and O–H groups in total. The zero-order valence-corrected chi connectivity index (χ0v) is 17.9. The number of carbonyl (C=O) groups is 1. The van der Waals surface area contributed by atoms with Crippen LogP contribution < -0.4 is 14.8 Å². The molecule has 1 amide bonds. The van der Waals surface area contributed by atoms with Crippen molar-refractivity contribution in [1.82, 2.24) is 15.1 Å². The van der Waals surface area contributed by atoms with Crippen LogP contribution in [0.25, 0.3) is 5.69 Å². The lowest BCUT2D eigenvalue weighted by Crippen LogP contribution is -2.28. The smallest absolute Gasteiger partial charge is 0.272 e. The number of methoxy groups -OCH3 is 2. The Kier molecular flexibility index (Phi) is 5.48. The van der Waals surface area contributed by atoms with Gasteiger partial charge in [-0.1, -0.05) is 18.2 Å². The Morgan fingerprint density at radius 1 is 1.13 bits per heavy atom. The molecule has 0 bridgehead atoms. The first-order valence-electron chi connectivity index (χ1n) is 10.2. The van der Waals surface area contributed by atoms with Gasteiger partial charge in [0.05, 0.1) is 25.9 Å². The molecular weight excluding hydrogens is 378 g/mol. The van der Waals surface area contributed by atoms with Crippen LogP contribution in [0.1, 0.15) is 52.3 Å². The number of nitrogens with zero attached hydrogens (tertiary/aromatic N) is 2. The maximum Gasteiger partial charge on any atom is 0.272 e. The highest BCUT2D eigenvalue weighted by Gasteiger charge is 2.28. The van der Waals surface area contributed by atoms with Crippen molar-refractivity contribution >= 4 is 5.91 Å². The third-order valence-corrected chi connectivity index (χ3v) is 5.74. The normalized spacial score (nSPS) is 13.6. The number of carbonyl (C=O) groups excluding carboxylic acids is 1. The monoisotopic (exact) mass is 405 g/mol. The quantitative estimate of drug-likeness (QED) is 0.668. The summed E-state index contributed by atoms with van der Waals surface area (Å²) in [5.74, 6) is 1.26. The van der Waals surface area contributed by atoms with Crippen molar-refractivity contribution in [2.75, 3.05) is 14.2 Å². The second-order valence-corrected chi connectivity index (χ2v) is 7.63. The Labute approximate surface area is 176 Å². The number of ether oxygens (including phenoxy) is 2. The average Bonchev–Trinajstić information content (AvgIpc) is 3.36. The molecule has 1 unspecified atom stereocenters. The van der Waals surface area contributed by atoms with Crippen LogP contribution in [-0.4, -0.2) is 29.9 Å². The molecule has 0 saturated carbocycles. The molecule has 1 aliphatic rings.